The number of hydrogen-bond acceptors (Lipinski definition) is 3. The lowest BCUT2D eigenvalue weighted by molar-refractivity contribution is -0.116. The van der Waals surface area contributed by atoms with E-state index in [1.807, 2.05) is 44.2 Å². The van der Waals surface area contributed by atoms with Gasteiger partial charge in [0.05, 0.1) is 0 Å². The summed E-state index contributed by atoms with van der Waals surface area (Å²) in [7, 11) is 0. The summed E-state index contributed by atoms with van der Waals surface area (Å²) < 4.78 is 0. The van der Waals surface area contributed by atoms with E-state index in [0.717, 1.165) is 21.4 Å². The van der Waals surface area contributed by atoms with Crippen LogP contribution in [0.3, 0.4) is 0 Å². The molecule has 0 atom stereocenters. The van der Waals surface area contributed by atoms with E-state index >= 15 is 0 Å². The van der Waals surface area contributed by atoms with E-state index in [1.54, 1.807) is 24.3 Å². The Balaban J connectivity index is 1.62. The number of nitrogens with one attached hydrogen (secondary N) is 1. The van der Waals surface area contributed by atoms with Crippen LogP contribution in [0.25, 0.3) is 10.8 Å². The maximum Gasteiger partial charge on any atom is 0.261 e. The smallest absolute Gasteiger partial charge is 0.261 e. The second-order valence-corrected chi connectivity index (χ2v) is 6.77. The number of amides is 3. The van der Waals surface area contributed by atoms with Gasteiger partial charge in [0.1, 0.15) is 6.54 Å². The van der Waals surface area contributed by atoms with Crippen LogP contribution in [-0.4, -0.2) is 29.2 Å². The molecule has 5 heteroatoms. The molecule has 0 aromatic heterocycles. The first-order chi connectivity index (χ1) is 13.0. The molecule has 4 rings (SSSR count). The fourth-order valence-electron chi connectivity index (χ4n) is 3.51. The topological polar surface area (TPSA) is 66.5 Å². The predicted molar refractivity (Wildman–Crippen MR) is 104 cm³/mol. The van der Waals surface area contributed by atoms with Gasteiger partial charge in [0, 0.05) is 22.2 Å². The summed E-state index contributed by atoms with van der Waals surface area (Å²) in [5, 5.41) is 4.28. The van der Waals surface area contributed by atoms with Crippen molar-refractivity contribution in [2.45, 2.75) is 13.8 Å². The number of rotatable bonds is 3. The molecule has 27 heavy (non-hydrogen) atoms. The molecular formula is C22H18N2O3. The molecule has 1 heterocycles. The Hall–Kier alpha value is -3.47. The van der Waals surface area contributed by atoms with Crippen LogP contribution in [0.4, 0.5) is 5.69 Å². The van der Waals surface area contributed by atoms with Gasteiger partial charge in [-0.15, -0.1) is 0 Å². The first-order valence-corrected chi connectivity index (χ1v) is 8.71. The number of carbonyl (C=O) groups excluding carboxylic acids is 3. The molecule has 1 aliphatic heterocycles. The van der Waals surface area contributed by atoms with Crippen LogP contribution in [0.5, 0.6) is 0 Å². The number of nitrogens with zero attached hydrogens (tertiary/aromatic N) is 1. The lowest BCUT2D eigenvalue weighted by Crippen LogP contribution is -2.44. The third-order valence-corrected chi connectivity index (χ3v) is 4.81. The molecule has 0 unspecified atom stereocenters. The van der Waals surface area contributed by atoms with Gasteiger partial charge in [0.25, 0.3) is 11.8 Å². The molecule has 3 aromatic rings. The highest BCUT2D eigenvalue weighted by atomic mass is 16.2. The monoisotopic (exact) mass is 358 g/mol. The van der Waals surface area contributed by atoms with Crippen LogP contribution in [0, 0.1) is 13.8 Å². The standard InChI is InChI=1S/C22H18N2O3/c1-13-9-10-18(14(2)11-13)23-19(25)12-24-21(26)16-7-3-5-15-6-4-8-17(20(15)16)22(24)27/h3-11H,12H2,1-2H3,(H,23,25). The summed E-state index contributed by atoms with van der Waals surface area (Å²) in [6.07, 6.45) is 0. The third kappa shape index (κ3) is 2.87. The van der Waals surface area contributed by atoms with Gasteiger partial charge >= 0.3 is 0 Å². The van der Waals surface area contributed by atoms with Crippen LogP contribution >= 0.6 is 0 Å². The van der Waals surface area contributed by atoms with Crippen molar-refractivity contribution in [2.75, 3.05) is 11.9 Å². The molecule has 0 fully saturated rings. The highest BCUT2D eigenvalue weighted by Gasteiger charge is 2.33. The van der Waals surface area contributed by atoms with Crippen LogP contribution < -0.4 is 5.32 Å². The largest absolute Gasteiger partial charge is 0.324 e. The molecule has 0 saturated carbocycles. The molecule has 0 radical (unpaired) electrons. The Morgan fingerprint density at radius 2 is 1.56 bits per heavy atom. The Morgan fingerprint density at radius 1 is 0.926 bits per heavy atom. The molecule has 1 N–H and O–H groups in total. The molecule has 0 aliphatic carbocycles. The highest BCUT2D eigenvalue weighted by Crippen LogP contribution is 2.29. The molecule has 3 amide bonds. The first-order valence-electron chi connectivity index (χ1n) is 8.71. The van der Waals surface area contributed by atoms with Gasteiger partial charge in [-0.1, -0.05) is 42.0 Å². The maximum atomic E-state index is 12.8. The summed E-state index contributed by atoms with van der Waals surface area (Å²) in [5.74, 6) is -1.30. The van der Waals surface area contributed by atoms with Crippen LogP contribution in [-0.2, 0) is 4.79 Å². The minimum Gasteiger partial charge on any atom is -0.324 e. The van der Waals surface area contributed by atoms with Crippen molar-refractivity contribution < 1.29 is 14.4 Å². The van der Waals surface area contributed by atoms with Crippen molar-refractivity contribution in [3.05, 3.63) is 76.9 Å². The van der Waals surface area contributed by atoms with Gasteiger partial charge in [0.15, 0.2) is 0 Å². The van der Waals surface area contributed by atoms with Gasteiger partial charge in [-0.2, -0.15) is 0 Å². The summed E-state index contributed by atoms with van der Waals surface area (Å²) in [6, 6.07) is 16.4. The van der Waals surface area contributed by atoms with E-state index in [9.17, 15) is 14.4 Å². The number of anilines is 1. The summed E-state index contributed by atoms with van der Waals surface area (Å²) in [5.41, 5.74) is 3.58. The minimum absolute atomic E-state index is 0.324. The molecule has 0 saturated heterocycles. The fraction of sp³-hybridized carbons (Fsp3) is 0.136. The van der Waals surface area contributed by atoms with Crippen molar-refractivity contribution in [1.29, 1.82) is 0 Å². The van der Waals surface area contributed by atoms with Crippen molar-refractivity contribution in [3.63, 3.8) is 0 Å². The Labute approximate surface area is 156 Å². The van der Waals surface area contributed by atoms with E-state index in [0.29, 0.717) is 22.2 Å². The zero-order valence-corrected chi connectivity index (χ0v) is 15.1. The van der Waals surface area contributed by atoms with E-state index in [4.69, 9.17) is 0 Å². The zero-order valence-electron chi connectivity index (χ0n) is 15.1. The fourth-order valence-corrected chi connectivity index (χ4v) is 3.51. The molecular weight excluding hydrogens is 340 g/mol. The van der Waals surface area contributed by atoms with Crippen LogP contribution in [0.1, 0.15) is 31.8 Å². The molecule has 0 bridgehead atoms. The Bertz CT molecular complexity index is 1070. The van der Waals surface area contributed by atoms with Gasteiger partial charge in [-0.25, -0.2) is 0 Å². The molecule has 0 spiro atoms. The van der Waals surface area contributed by atoms with Gasteiger partial charge in [0.2, 0.25) is 5.91 Å². The molecule has 5 nitrogen and oxygen atoms in total. The molecule has 134 valence electrons. The van der Waals surface area contributed by atoms with Crippen LogP contribution in [0.2, 0.25) is 0 Å². The van der Waals surface area contributed by atoms with E-state index < -0.39 is 17.7 Å². The second-order valence-electron chi connectivity index (χ2n) is 6.77. The number of hydrogen-bond donors (Lipinski definition) is 1. The number of benzene rings is 3. The Kier molecular flexibility index (Phi) is 4.00. The summed E-state index contributed by atoms with van der Waals surface area (Å²) >= 11 is 0. The number of carbonyl (C=O) groups is 3. The normalized spacial score (nSPS) is 13.2. The predicted octanol–water partition coefficient (Wildman–Crippen LogP) is 3.69. The maximum absolute atomic E-state index is 12.8. The highest BCUT2D eigenvalue weighted by molar-refractivity contribution is 6.26. The van der Waals surface area contributed by atoms with E-state index in [-0.39, 0.29) is 6.54 Å². The SMILES string of the molecule is Cc1ccc(NC(=O)CN2C(=O)c3cccc4cccc(c34)C2=O)c(C)c1. The summed E-state index contributed by atoms with van der Waals surface area (Å²) in [4.78, 5) is 39.2. The van der Waals surface area contributed by atoms with Gasteiger partial charge in [-0.3, -0.25) is 19.3 Å². The quantitative estimate of drug-likeness (QED) is 0.726. The van der Waals surface area contributed by atoms with Crippen molar-refractivity contribution in [3.8, 4) is 0 Å². The summed E-state index contributed by atoms with van der Waals surface area (Å²) in [6.45, 7) is 3.55. The average Bonchev–Trinajstić information content (AvgIpc) is 2.65. The van der Waals surface area contributed by atoms with Crippen molar-refractivity contribution in [1.82, 2.24) is 4.90 Å². The number of imide groups is 1. The molecule has 3 aromatic carbocycles. The first kappa shape index (κ1) is 17.0. The lowest BCUT2D eigenvalue weighted by atomic mass is 9.94. The van der Waals surface area contributed by atoms with Crippen molar-refractivity contribution >= 4 is 34.2 Å². The third-order valence-electron chi connectivity index (χ3n) is 4.81. The van der Waals surface area contributed by atoms with Crippen LogP contribution in [0.15, 0.2) is 54.6 Å². The molecule has 1 aliphatic rings. The second kappa shape index (κ2) is 6.36. The Morgan fingerprint density at radius 3 is 2.15 bits per heavy atom. The van der Waals surface area contributed by atoms with E-state index in [2.05, 4.69) is 5.32 Å². The van der Waals surface area contributed by atoms with E-state index in [1.165, 1.54) is 0 Å². The lowest BCUT2D eigenvalue weighted by Gasteiger charge is -2.26. The average molecular weight is 358 g/mol. The minimum atomic E-state index is -0.444. The zero-order chi connectivity index (χ0) is 19.1. The van der Waals surface area contributed by atoms with Crippen molar-refractivity contribution in [2.24, 2.45) is 0 Å². The van der Waals surface area contributed by atoms with Gasteiger partial charge < -0.3 is 5.32 Å². The number of aryl methyl sites for hydroxylation is 2. The van der Waals surface area contributed by atoms with Gasteiger partial charge in [-0.05, 0) is 43.0 Å².